The molecule has 3 aromatic heterocycles. The minimum atomic E-state index is 1.01. The van der Waals surface area contributed by atoms with Crippen LogP contribution in [-0.4, -0.2) is 0 Å². The van der Waals surface area contributed by atoms with Crippen molar-refractivity contribution in [2.24, 2.45) is 0 Å². The summed E-state index contributed by atoms with van der Waals surface area (Å²) in [6.07, 6.45) is 13.2. The predicted molar refractivity (Wildman–Crippen MR) is 215 cm³/mol. The zero-order chi connectivity index (χ0) is 31.6. The zero-order valence-electron chi connectivity index (χ0n) is 26.0. The van der Waals surface area contributed by atoms with Crippen molar-refractivity contribution in [3.63, 3.8) is 0 Å². The van der Waals surface area contributed by atoms with Gasteiger partial charge in [0.15, 0.2) is 0 Å². The smallest absolute Gasteiger partial charge is 0.0468 e. The van der Waals surface area contributed by atoms with E-state index in [1.165, 1.54) is 83.0 Å². The Labute approximate surface area is 290 Å². The highest BCUT2D eigenvalue weighted by Gasteiger charge is 2.18. The summed E-state index contributed by atoms with van der Waals surface area (Å²) in [6, 6.07) is 45.2. The first-order chi connectivity index (χ1) is 23.8. The third kappa shape index (κ3) is 4.48. The molecular weight excluding hydrogens is 639 g/mol. The van der Waals surface area contributed by atoms with Crippen LogP contribution in [0.2, 0.25) is 0 Å². The Morgan fingerprint density at radius 1 is 0.479 bits per heavy atom. The monoisotopic (exact) mass is 667 g/mol. The van der Waals surface area contributed by atoms with Crippen molar-refractivity contribution in [3.8, 4) is 11.1 Å². The highest BCUT2D eigenvalue weighted by atomic mass is 32.1. The minimum absolute atomic E-state index is 1.01. The number of hydrogen-bond donors (Lipinski definition) is 0. The number of rotatable bonds is 4. The first-order valence-corrected chi connectivity index (χ1v) is 18.9. The molecule has 6 aromatic carbocycles. The standard InChI is InChI=1S/C44H29NS3/c1-2-4-11-29(12-5-3-1)45(31-23-25-40-37(27-31)34-14-7-8-17-38(34)46-40)30-21-19-28(20-22-30)32-15-10-16-36-42-41(48-43(32)36)26-24-35-33-13-6-9-18-39(33)47-44(35)42/h1-2,4,6-27H,3,5H2/b2-1-,11-4-,29-12+. The van der Waals surface area contributed by atoms with Gasteiger partial charge in [-0.1, -0.05) is 97.1 Å². The van der Waals surface area contributed by atoms with Gasteiger partial charge in [-0.05, 0) is 78.6 Å². The predicted octanol–water partition coefficient (Wildman–Crippen LogP) is 14.4. The highest BCUT2D eigenvalue weighted by molar-refractivity contribution is 7.30. The van der Waals surface area contributed by atoms with Crippen LogP contribution < -0.4 is 4.90 Å². The van der Waals surface area contributed by atoms with Crippen molar-refractivity contribution in [3.05, 3.63) is 157 Å². The Hall–Kier alpha value is -5.00. The molecule has 1 aliphatic carbocycles. The molecule has 0 amide bonds. The summed E-state index contributed by atoms with van der Waals surface area (Å²) >= 11 is 5.71. The normalized spacial score (nSPS) is 16.0. The van der Waals surface area contributed by atoms with Gasteiger partial charge >= 0.3 is 0 Å². The number of benzene rings is 6. The quantitative estimate of drug-likeness (QED) is 0.181. The van der Waals surface area contributed by atoms with Gasteiger partial charge in [0, 0.05) is 77.6 Å². The summed E-state index contributed by atoms with van der Waals surface area (Å²) in [5, 5.41) is 8.10. The van der Waals surface area contributed by atoms with E-state index < -0.39 is 0 Å². The van der Waals surface area contributed by atoms with Crippen LogP contribution in [0.1, 0.15) is 12.8 Å². The fraction of sp³-hybridized carbons (Fsp3) is 0.0455. The molecule has 4 heteroatoms. The summed E-state index contributed by atoms with van der Waals surface area (Å²) in [5.41, 5.74) is 6.08. The zero-order valence-corrected chi connectivity index (χ0v) is 28.5. The Morgan fingerprint density at radius 2 is 1.19 bits per heavy atom. The average molecular weight is 668 g/mol. The second-order valence-corrected chi connectivity index (χ2v) is 15.5. The summed E-state index contributed by atoms with van der Waals surface area (Å²) in [7, 11) is 0. The number of fused-ring (bicyclic) bond motifs is 10. The van der Waals surface area contributed by atoms with E-state index in [4.69, 9.17) is 0 Å². The fourth-order valence-electron chi connectivity index (χ4n) is 7.27. The topological polar surface area (TPSA) is 3.24 Å². The molecule has 0 bridgehead atoms. The molecule has 9 aromatic rings. The lowest BCUT2D eigenvalue weighted by molar-refractivity contribution is 1.02. The maximum Gasteiger partial charge on any atom is 0.0468 e. The van der Waals surface area contributed by atoms with Crippen molar-refractivity contribution in [1.82, 2.24) is 0 Å². The summed E-state index contributed by atoms with van der Waals surface area (Å²) in [4.78, 5) is 2.42. The number of nitrogens with zero attached hydrogens (tertiary/aromatic N) is 1. The molecular formula is C44H29NS3. The molecule has 0 unspecified atom stereocenters. The second-order valence-electron chi connectivity index (χ2n) is 12.4. The molecule has 0 N–H and O–H groups in total. The molecule has 48 heavy (non-hydrogen) atoms. The van der Waals surface area contributed by atoms with Crippen LogP contribution in [-0.2, 0) is 0 Å². The van der Waals surface area contributed by atoms with Crippen LogP contribution in [0.4, 0.5) is 11.4 Å². The largest absolute Gasteiger partial charge is 0.311 e. The van der Waals surface area contributed by atoms with Crippen molar-refractivity contribution < 1.29 is 0 Å². The first-order valence-electron chi connectivity index (χ1n) is 16.4. The number of thiophene rings is 3. The van der Waals surface area contributed by atoms with E-state index >= 15 is 0 Å². The average Bonchev–Trinajstić information content (AvgIpc) is 3.80. The number of hydrogen-bond acceptors (Lipinski definition) is 4. The van der Waals surface area contributed by atoms with Crippen LogP contribution >= 0.6 is 34.0 Å². The molecule has 10 rings (SSSR count). The van der Waals surface area contributed by atoms with Crippen molar-refractivity contribution in [2.45, 2.75) is 12.8 Å². The fourth-order valence-corrected chi connectivity index (χ4v) is 10.9. The third-order valence-electron chi connectivity index (χ3n) is 9.52. The van der Waals surface area contributed by atoms with E-state index in [-0.39, 0.29) is 0 Å². The highest BCUT2D eigenvalue weighted by Crippen LogP contribution is 2.47. The molecule has 0 saturated carbocycles. The Kier molecular flexibility index (Phi) is 6.61. The van der Waals surface area contributed by atoms with Gasteiger partial charge in [-0.15, -0.1) is 34.0 Å². The summed E-state index contributed by atoms with van der Waals surface area (Å²) < 4.78 is 8.12. The third-order valence-corrected chi connectivity index (χ3v) is 13.1. The lowest BCUT2D eigenvalue weighted by Crippen LogP contribution is -2.15. The van der Waals surface area contributed by atoms with Gasteiger partial charge in [0.25, 0.3) is 0 Å². The molecule has 0 fully saturated rings. The van der Waals surface area contributed by atoms with E-state index in [9.17, 15) is 0 Å². The van der Waals surface area contributed by atoms with Crippen LogP contribution in [0.25, 0.3) is 71.6 Å². The first kappa shape index (κ1) is 28.1. The van der Waals surface area contributed by atoms with E-state index in [1.807, 2.05) is 34.0 Å². The van der Waals surface area contributed by atoms with E-state index in [0.717, 1.165) is 18.5 Å². The van der Waals surface area contributed by atoms with Crippen molar-refractivity contribution in [2.75, 3.05) is 4.90 Å². The second kappa shape index (κ2) is 11.3. The molecule has 0 spiro atoms. The Bertz CT molecular complexity index is 2780. The van der Waals surface area contributed by atoms with Crippen molar-refractivity contribution in [1.29, 1.82) is 0 Å². The van der Waals surface area contributed by atoms with Gasteiger partial charge < -0.3 is 4.90 Å². The number of allylic oxidation sites excluding steroid dienone is 5. The number of anilines is 2. The molecule has 0 radical (unpaired) electrons. The van der Waals surface area contributed by atoms with E-state index in [0.29, 0.717) is 0 Å². The van der Waals surface area contributed by atoms with Gasteiger partial charge in [-0.25, -0.2) is 0 Å². The SMILES string of the molecule is C1=C/CC\C=C(N(c2ccc(-c3cccc4c3sc3ccc5c6ccccc6sc5c34)cc2)c2ccc3sc4ccccc4c3c2)/C=C\1. The minimum Gasteiger partial charge on any atom is -0.311 e. The van der Waals surface area contributed by atoms with E-state index in [2.05, 4.69) is 157 Å². The Morgan fingerprint density at radius 3 is 2.06 bits per heavy atom. The van der Waals surface area contributed by atoms with Gasteiger partial charge in [-0.2, -0.15) is 0 Å². The van der Waals surface area contributed by atoms with Crippen LogP contribution in [0, 0.1) is 0 Å². The molecule has 3 heterocycles. The molecule has 0 atom stereocenters. The van der Waals surface area contributed by atoms with Gasteiger partial charge in [-0.3, -0.25) is 0 Å². The summed E-state index contributed by atoms with van der Waals surface area (Å²) in [5.74, 6) is 0. The van der Waals surface area contributed by atoms with Gasteiger partial charge in [0.05, 0.1) is 0 Å². The maximum absolute atomic E-state index is 2.42. The van der Waals surface area contributed by atoms with Gasteiger partial charge in [0.2, 0.25) is 0 Å². The molecule has 1 aliphatic rings. The molecule has 228 valence electrons. The van der Waals surface area contributed by atoms with E-state index in [1.54, 1.807) is 0 Å². The van der Waals surface area contributed by atoms with Gasteiger partial charge in [0.1, 0.15) is 0 Å². The molecule has 1 nitrogen and oxygen atoms in total. The summed E-state index contributed by atoms with van der Waals surface area (Å²) in [6.45, 7) is 0. The van der Waals surface area contributed by atoms with Crippen LogP contribution in [0.5, 0.6) is 0 Å². The molecule has 0 aliphatic heterocycles. The Balaban J connectivity index is 1.11. The lowest BCUT2D eigenvalue weighted by atomic mass is 10.0. The van der Waals surface area contributed by atoms with Crippen molar-refractivity contribution >= 4 is 106 Å². The van der Waals surface area contributed by atoms with Crippen LogP contribution in [0.3, 0.4) is 0 Å². The molecule has 0 saturated heterocycles. The lowest BCUT2D eigenvalue weighted by Gasteiger charge is -2.27. The van der Waals surface area contributed by atoms with Crippen LogP contribution in [0.15, 0.2) is 157 Å². The maximum atomic E-state index is 2.42.